The number of hydrogen-bond acceptors (Lipinski definition) is 4. The molecular weight excluding hydrogens is 186 g/mol. The lowest BCUT2D eigenvalue weighted by atomic mass is 10.2. The molecule has 0 atom stereocenters. The van der Waals surface area contributed by atoms with E-state index in [0.717, 1.165) is 12.1 Å². The molecule has 0 unspecified atom stereocenters. The van der Waals surface area contributed by atoms with E-state index in [-0.39, 0.29) is 5.97 Å². The second kappa shape index (κ2) is 4.97. The number of hydrogen-bond donors (Lipinski definition) is 0. The number of aryl methyl sites for hydroxylation is 2. The quantitative estimate of drug-likeness (QED) is 0.696. The standard InChI is InChI=1S/C9H13NO2S/c1-3-12-9(11)5-4-8-7(2)10-6-13-8/h6H,3-5H2,1-2H3. The van der Waals surface area contributed by atoms with Crippen molar-refractivity contribution in [3.05, 3.63) is 16.1 Å². The Morgan fingerprint density at radius 1 is 1.69 bits per heavy atom. The summed E-state index contributed by atoms with van der Waals surface area (Å²) >= 11 is 1.59. The molecule has 72 valence electrons. The summed E-state index contributed by atoms with van der Waals surface area (Å²) in [6.45, 7) is 4.23. The molecule has 0 aliphatic carbocycles. The lowest BCUT2D eigenvalue weighted by Crippen LogP contribution is -2.04. The van der Waals surface area contributed by atoms with Crippen molar-refractivity contribution in [1.29, 1.82) is 0 Å². The minimum Gasteiger partial charge on any atom is -0.466 e. The summed E-state index contributed by atoms with van der Waals surface area (Å²) < 4.78 is 4.83. The second-order valence-electron chi connectivity index (χ2n) is 2.67. The van der Waals surface area contributed by atoms with Gasteiger partial charge in [0.25, 0.3) is 0 Å². The molecule has 0 aliphatic rings. The van der Waals surface area contributed by atoms with E-state index in [4.69, 9.17) is 4.74 Å². The fraction of sp³-hybridized carbons (Fsp3) is 0.556. The molecule has 0 saturated carbocycles. The molecule has 0 fully saturated rings. The number of esters is 1. The molecule has 3 nitrogen and oxygen atoms in total. The van der Waals surface area contributed by atoms with Crippen LogP contribution in [0.5, 0.6) is 0 Å². The van der Waals surface area contributed by atoms with Gasteiger partial charge in [0.2, 0.25) is 0 Å². The highest BCUT2D eigenvalue weighted by Crippen LogP contribution is 2.14. The molecule has 4 heteroatoms. The maximum Gasteiger partial charge on any atom is 0.306 e. The predicted octanol–water partition coefficient (Wildman–Crippen LogP) is 1.95. The Kier molecular flexibility index (Phi) is 3.89. The summed E-state index contributed by atoms with van der Waals surface area (Å²) in [5, 5.41) is 0. The maximum atomic E-state index is 11.0. The highest BCUT2D eigenvalue weighted by molar-refractivity contribution is 7.09. The second-order valence-corrected chi connectivity index (χ2v) is 3.61. The Hall–Kier alpha value is -0.900. The largest absolute Gasteiger partial charge is 0.466 e. The zero-order chi connectivity index (χ0) is 9.68. The Morgan fingerprint density at radius 2 is 2.46 bits per heavy atom. The number of carbonyl (C=O) groups is 1. The zero-order valence-electron chi connectivity index (χ0n) is 7.87. The van der Waals surface area contributed by atoms with Gasteiger partial charge in [-0.3, -0.25) is 4.79 Å². The van der Waals surface area contributed by atoms with Gasteiger partial charge < -0.3 is 4.74 Å². The average molecular weight is 199 g/mol. The van der Waals surface area contributed by atoms with E-state index in [1.54, 1.807) is 16.8 Å². The van der Waals surface area contributed by atoms with E-state index in [1.165, 1.54) is 4.88 Å². The van der Waals surface area contributed by atoms with Crippen molar-refractivity contribution in [2.75, 3.05) is 6.61 Å². The van der Waals surface area contributed by atoms with Gasteiger partial charge in [-0.2, -0.15) is 0 Å². The van der Waals surface area contributed by atoms with Crippen LogP contribution in [0.4, 0.5) is 0 Å². The third-order valence-electron chi connectivity index (χ3n) is 1.71. The van der Waals surface area contributed by atoms with Crippen LogP contribution in [-0.4, -0.2) is 17.6 Å². The van der Waals surface area contributed by atoms with Crippen LogP contribution >= 0.6 is 11.3 Å². The molecule has 0 aliphatic heterocycles. The van der Waals surface area contributed by atoms with Crippen molar-refractivity contribution in [3.63, 3.8) is 0 Å². The van der Waals surface area contributed by atoms with E-state index >= 15 is 0 Å². The molecule has 0 bridgehead atoms. The van der Waals surface area contributed by atoms with Crippen molar-refractivity contribution in [2.24, 2.45) is 0 Å². The van der Waals surface area contributed by atoms with E-state index in [1.807, 2.05) is 13.8 Å². The topological polar surface area (TPSA) is 39.2 Å². The molecule has 0 amide bonds. The SMILES string of the molecule is CCOC(=O)CCc1scnc1C. The Morgan fingerprint density at radius 3 is 3.00 bits per heavy atom. The predicted molar refractivity (Wildman–Crippen MR) is 51.8 cm³/mol. The molecule has 1 rings (SSSR count). The van der Waals surface area contributed by atoms with Gasteiger partial charge in [0.1, 0.15) is 0 Å². The third kappa shape index (κ3) is 3.14. The van der Waals surface area contributed by atoms with Crippen LogP contribution < -0.4 is 0 Å². The van der Waals surface area contributed by atoms with Crippen molar-refractivity contribution >= 4 is 17.3 Å². The molecule has 1 aromatic rings. The molecule has 0 saturated heterocycles. The Bertz CT molecular complexity index is 283. The normalized spacial score (nSPS) is 10.0. The molecule has 0 aromatic carbocycles. The molecule has 13 heavy (non-hydrogen) atoms. The molecule has 0 N–H and O–H groups in total. The van der Waals surface area contributed by atoms with Crippen molar-refractivity contribution in [1.82, 2.24) is 4.98 Å². The smallest absolute Gasteiger partial charge is 0.306 e. The van der Waals surface area contributed by atoms with Crippen LogP contribution in [0, 0.1) is 6.92 Å². The number of thiazole rings is 1. The van der Waals surface area contributed by atoms with Gasteiger partial charge in [-0.25, -0.2) is 4.98 Å². The molecule has 1 aromatic heterocycles. The number of aromatic nitrogens is 1. The minimum absolute atomic E-state index is 0.129. The van der Waals surface area contributed by atoms with E-state index < -0.39 is 0 Å². The Balaban J connectivity index is 2.35. The highest BCUT2D eigenvalue weighted by atomic mass is 32.1. The van der Waals surface area contributed by atoms with Gasteiger partial charge in [0, 0.05) is 4.88 Å². The Labute approximate surface area is 81.8 Å². The molecular formula is C9H13NO2S. The number of rotatable bonds is 4. The lowest BCUT2D eigenvalue weighted by molar-refractivity contribution is -0.143. The molecule has 0 spiro atoms. The first kappa shape index (κ1) is 10.2. The summed E-state index contributed by atoms with van der Waals surface area (Å²) in [4.78, 5) is 16.3. The number of nitrogens with zero attached hydrogens (tertiary/aromatic N) is 1. The zero-order valence-corrected chi connectivity index (χ0v) is 8.69. The maximum absolute atomic E-state index is 11.0. The van der Waals surface area contributed by atoms with Crippen LogP contribution in [0.25, 0.3) is 0 Å². The third-order valence-corrected chi connectivity index (χ3v) is 2.70. The van der Waals surface area contributed by atoms with Crippen LogP contribution in [0.15, 0.2) is 5.51 Å². The monoisotopic (exact) mass is 199 g/mol. The van der Waals surface area contributed by atoms with E-state index in [0.29, 0.717) is 13.0 Å². The van der Waals surface area contributed by atoms with E-state index in [9.17, 15) is 4.79 Å². The summed E-state index contributed by atoms with van der Waals surface area (Å²) in [5.41, 5.74) is 2.82. The first-order valence-electron chi connectivity index (χ1n) is 4.28. The van der Waals surface area contributed by atoms with Crippen molar-refractivity contribution in [2.45, 2.75) is 26.7 Å². The average Bonchev–Trinajstić information content (AvgIpc) is 2.48. The highest BCUT2D eigenvalue weighted by Gasteiger charge is 2.05. The molecule has 0 radical (unpaired) electrons. The number of ether oxygens (including phenoxy) is 1. The van der Waals surface area contributed by atoms with Gasteiger partial charge in [0.05, 0.1) is 24.2 Å². The van der Waals surface area contributed by atoms with Crippen molar-refractivity contribution < 1.29 is 9.53 Å². The minimum atomic E-state index is -0.129. The van der Waals surface area contributed by atoms with Gasteiger partial charge in [-0.05, 0) is 20.3 Å². The van der Waals surface area contributed by atoms with Gasteiger partial charge in [0.15, 0.2) is 0 Å². The fourth-order valence-corrected chi connectivity index (χ4v) is 1.80. The van der Waals surface area contributed by atoms with E-state index in [2.05, 4.69) is 4.98 Å². The van der Waals surface area contributed by atoms with Gasteiger partial charge >= 0.3 is 5.97 Å². The first-order chi connectivity index (χ1) is 6.24. The van der Waals surface area contributed by atoms with Crippen LogP contribution in [0.1, 0.15) is 23.9 Å². The number of carbonyl (C=O) groups excluding carboxylic acids is 1. The summed E-state index contributed by atoms with van der Waals surface area (Å²) in [5.74, 6) is -0.129. The van der Waals surface area contributed by atoms with Crippen LogP contribution in [0.3, 0.4) is 0 Å². The fourth-order valence-electron chi connectivity index (χ4n) is 1.01. The van der Waals surface area contributed by atoms with Gasteiger partial charge in [-0.1, -0.05) is 0 Å². The van der Waals surface area contributed by atoms with Crippen LogP contribution in [0.2, 0.25) is 0 Å². The molecule has 1 heterocycles. The lowest BCUT2D eigenvalue weighted by Gasteiger charge is -2.00. The summed E-state index contributed by atoms with van der Waals surface area (Å²) in [6.07, 6.45) is 1.20. The first-order valence-corrected chi connectivity index (χ1v) is 5.16. The van der Waals surface area contributed by atoms with Crippen molar-refractivity contribution in [3.8, 4) is 0 Å². The van der Waals surface area contributed by atoms with Gasteiger partial charge in [-0.15, -0.1) is 11.3 Å². The summed E-state index contributed by atoms with van der Waals surface area (Å²) in [7, 11) is 0. The van der Waals surface area contributed by atoms with Crippen LogP contribution in [-0.2, 0) is 16.0 Å². The summed E-state index contributed by atoms with van der Waals surface area (Å²) in [6, 6.07) is 0.